The monoisotopic (exact) mass is 1990 g/mol. The molecule has 0 aliphatic carbocycles. The van der Waals surface area contributed by atoms with Gasteiger partial charge in [-0.3, -0.25) is 98.4 Å². The summed E-state index contributed by atoms with van der Waals surface area (Å²) in [4.78, 5) is 161. The second kappa shape index (κ2) is 45.0. The molecule has 0 saturated carbocycles. The lowest BCUT2D eigenvalue weighted by molar-refractivity contribution is -0.138. The van der Waals surface area contributed by atoms with E-state index >= 15 is 4.39 Å². The molecule has 760 valence electrons. The van der Waals surface area contributed by atoms with Gasteiger partial charge in [0.25, 0.3) is 23.6 Å². The first-order valence-corrected chi connectivity index (χ1v) is 48.0. The second-order valence-electron chi connectivity index (χ2n) is 37.7. The molecule has 8 aromatic rings. The summed E-state index contributed by atoms with van der Waals surface area (Å²) in [6, 6.07) is 29.3. The Morgan fingerprint density at radius 3 is 1.15 bits per heavy atom. The molecule has 0 bridgehead atoms. The summed E-state index contributed by atoms with van der Waals surface area (Å²) >= 11 is 0. The van der Waals surface area contributed by atoms with Crippen molar-refractivity contribution < 1.29 is 123 Å². The molecule has 12 amide bonds. The zero-order valence-corrected chi connectivity index (χ0v) is 80.6. The van der Waals surface area contributed by atoms with Gasteiger partial charge in [0.2, 0.25) is 47.3 Å². The zero-order valence-electron chi connectivity index (χ0n) is 94.6. The van der Waals surface area contributed by atoms with Crippen molar-refractivity contribution in [3.8, 4) is 11.5 Å². The van der Waals surface area contributed by atoms with Crippen LogP contribution >= 0.6 is 0 Å². The average Bonchev–Trinajstić information content (AvgIpc) is 1.41. The van der Waals surface area contributed by atoms with E-state index in [2.05, 4.69) is 31.5 Å². The molecule has 8 fully saturated rings. The van der Waals surface area contributed by atoms with Crippen LogP contribution in [0, 0.1) is 23.3 Å². The molecule has 20 rings (SSSR count). The van der Waals surface area contributed by atoms with Crippen LogP contribution in [0.25, 0.3) is 0 Å². The van der Waals surface area contributed by atoms with E-state index in [-0.39, 0.29) is 178 Å². The summed E-state index contributed by atoms with van der Waals surface area (Å²) in [5.41, 5.74) is 6.03. The number of anilines is 2. The molecule has 36 heteroatoms. The second-order valence-corrected chi connectivity index (χ2v) is 37.7. The number of hydrogen-bond acceptors (Lipinski definition) is 24. The summed E-state index contributed by atoms with van der Waals surface area (Å²) in [7, 11) is 0. The van der Waals surface area contributed by atoms with Crippen molar-refractivity contribution in [3.05, 3.63) is 258 Å². The number of carbonyl (C=O) groups excluding carboxylic acids is 12. The fourth-order valence-electron chi connectivity index (χ4n) is 19.9. The Kier molecular flexibility index (Phi) is 26.6. The lowest BCUT2D eigenvalue weighted by Gasteiger charge is -2.35. The Balaban J connectivity index is 0.000000142. The molecule has 12 atom stereocenters. The molecule has 8 aromatic carbocycles. The molecule has 12 heterocycles. The first-order valence-electron chi connectivity index (χ1n) is 55.0. The highest BCUT2D eigenvalue weighted by Gasteiger charge is 2.46. The Labute approximate surface area is 852 Å². The van der Waals surface area contributed by atoms with Crippen molar-refractivity contribution in [3.63, 3.8) is 0 Å². The SMILES string of the molecule is [2H]C([2H])(Oc1cccc2c1CN(C1([2H])C(=O)NC(=O)C([2H])([2H])C1([2H])[2H])C2=O)c1cc(CN2CC(C)OC(C)C2)ccc1F.[2H]C([2H])(c1ccc(F)c(CNc2cccc3c2CN(C2CCC(=O)NC2=O)C3=O)c1)N1CC(C)OC(C)C1.[2H]C([2H])(c1ccc(F)c(COc2cccc3c2CN(C2CCC(=O)NC2=O)C3=O)c1)N1CC(C)OC(C)C1.[2H]C1(N2Cc3c(NCc4cc(C([2H])([2H])N5CC(C)OC(C)C5)ccc4F)cccc3C2=O)CCC(=O)NC1=O. The minimum Gasteiger partial charge on any atom is -0.488 e. The minimum absolute atomic E-state index is 0.00200. The normalized spacial score (nSPS) is 28.1. The lowest BCUT2D eigenvalue weighted by Crippen LogP contribution is -2.52. The molecule has 0 aromatic heterocycles. The van der Waals surface area contributed by atoms with Crippen LogP contribution < -0.4 is 41.4 Å². The Bertz CT molecular complexity index is 6820. The number of imide groups is 4. The molecule has 8 saturated heterocycles. The van der Waals surface area contributed by atoms with E-state index in [4.69, 9.17) is 47.6 Å². The first-order chi connectivity index (χ1) is 74.4. The number of nitrogens with zero attached hydrogens (tertiary/aromatic N) is 8. The van der Waals surface area contributed by atoms with Gasteiger partial charge in [0.15, 0.2) is 0 Å². The Morgan fingerprint density at radius 2 is 0.701 bits per heavy atom. The average molecular weight is 1990 g/mol. The predicted octanol–water partition coefficient (Wildman–Crippen LogP) is 11.2. The fraction of sp³-hybridized carbons (Fsp3) is 0.444. The smallest absolute Gasteiger partial charge is 0.255 e. The quantitative estimate of drug-likeness (QED) is 0.0242. The van der Waals surface area contributed by atoms with Crippen LogP contribution in [0.5, 0.6) is 11.5 Å². The number of nitrogens with one attached hydrogen (secondary N) is 6. The number of carbonyl (C=O) groups is 12. The molecule has 12 aliphatic rings. The van der Waals surface area contributed by atoms with E-state index in [1.54, 1.807) is 80.7 Å². The van der Waals surface area contributed by atoms with E-state index in [0.717, 1.165) is 11.0 Å². The molecule has 12 aliphatic heterocycles. The molecule has 32 nitrogen and oxygen atoms in total. The summed E-state index contributed by atoms with van der Waals surface area (Å²) < 4.78 is 214. The predicted molar refractivity (Wildman–Crippen MR) is 520 cm³/mol. The number of ether oxygens (including phenoxy) is 6. The largest absolute Gasteiger partial charge is 0.488 e. The van der Waals surface area contributed by atoms with Gasteiger partial charge in [-0.05, 0) is 200 Å². The van der Waals surface area contributed by atoms with Gasteiger partial charge in [-0.1, -0.05) is 48.5 Å². The number of benzene rings is 8. The van der Waals surface area contributed by atoms with E-state index in [1.807, 2.05) is 55.4 Å². The van der Waals surface area contributed by atoms with Crippen LogP contribution in [0.3, 0.4) is 0 Å². The summed E-state index contributed by atoms with van der Waals surface area (Å²) in [6.45, 7) is 10.9. The van der Waals surface area contributed by atoms with Crippen molar-refractivity contribution in [1.29, 1.82) is 0 Å². The number of amides is 12. The first kappa shape index (κ1) is 85.2. The number of fused-ring (bicyclic) bond motifs is 4. The summed E-state index contributed by atoms with van der Waals surface area (Å²) in [5, 5.41) is 14.7. The van der Waals surface area contributed by atoms with Crippen LogP contribution in [0.1, 0.15) is 234 Å². The van der Waals surface area contributed by atoms with Gasteiger partial charge < -0.3 is 58.7 Å². The van der Waals surface area contributed by atoms with Gasteiger partial charge in [0, 0.05) is 222 Å². The van der Waals surface area contributed by atoms with Crippen molar-refractivity contribution >= 4 is 82.3 Å². The molecule has 12 unspecified atom stereocenters. The Morgan fingerprint density at radius 1 is 0.368 bits per heavy atom. The number of hydrogen-bond donors (Lipinski definition) is 6. The van der Waals surface area contributed by atoms with E-state index < -0.39 is 146 Å². The maximum absolute atomic E-state index is 15.0. The molecule has 6 N–H and O–H groups in total. The number of piperidine rings is 4. The van der Waals surface area contributed by atoms with E-state index in [9.17, 15) is 70.7 Å². The maximum Gasteiger partial charge on any atom is 0.255 e. The Hall–Kier alpha value is -13.2. The van der Waals surface area contributed by atoms with E-state index in [1.165, 1.54) is 88.7 Å². The highest BCUT2D eigenvalue weighted by molar-refractivity contribution is 6.09. The summed E-state index contributed by atoms with van der Waals surface area (Å²) in [6.07, 6.45) is -6.82. The molecule has 0 radical (unpaired) electrons. The topological polar surface area (TPSA) is 358 Å². The maximum atomic E-state index is 15.0. The van der Waals surface area contributed by atoms with Gasteiger partial charge in [0.1, 0.15) is 72.1 Å². The van der Waals surface area contributed by atoms with Crippen molar-refractivity contribution in [2.75, 3.05) is 63.0 Å². The van der Waals surface area contributed by atoms with Crippen LogP contribution in [-0.2, 0) is 136 Å². The van der Waals surface area contributed by atoms with Gasteiger partial charge in [-0.15, -0.1) is 0 Å². The van der Waals surface area contributed by atoms with Gasteiger partial charge in [-0.25, -0.2) is 17.6 Å². The van der Waals surface area contributed by atoms with Crippen LogP contribution in [0.15, 0.2) is 146 Å². The molecule has 0 spiro atoms. The van der Waals surface area contributed by atoms with Gasteiger partial charge >= 0.3 is 0 Å². The van der Waals surface area contributed by atoms with E-state index in [0.29, 0.717) is 142 Å². The van der Waals surface area contributed by atoms with Crippen LogP contribution in [0.4, 0.5) is 28.9 Å². The van der Waals surface area contributed by atoms with Crippen molar-refractivity contribution in [2.45, 2.75) is 258 Å². The van der Waals surface area contributed by atoms with Crippen LogP contribution in [-0.4, -0.2) is 235 Å². The summed E-state index contributed by atoms with van der Waals surface area (Å²) in [5.74, 6) is -10.4. The third-order valence-electron chi connectivity index (χ3n) is 26.2. The lowest BCUT2D eigenvalue weighted by atomic mass is 10.0. The number of rotatable bonds is 24. The minimum atomic E-state index is -3.47. The highest BCUT2D eigenvalue weighted by Crippen LogP contribution is 2.40. The fourth-order valence-corrected chi connectivity index (χ4v) is 19.9. The third-order valence-corrected chi connectivity index (χ3v) is 26.2. The third kappa shape index (κ3) is 24.2. The van der Waals surface area contributed by atoms with Gasteiger partial charge in [0.05, 0.1) is 67.4 Å². The van der Waals surface area contributed by atoms with Crippen molar-refractivity contribution in [1.82, 2.24) is 60.5 Å². The van der Waals surface area contributed by atoms with Gasteiger partial charge in [-0.2, -0.15) is 0 Å². The van der Waals surface area contributed by atoms with Crippen LogP contribution in [0.2, 0.25) is 0 Å². The molecular formula is C108H122F4N14O18. The number of morpholine rings is 4. The zero-order chi connectivity index (χ0) is 114. The van der Waals surface area contributed by atoms with Crippen molar-refractivity contribution in [2.24, 2.45) is 0 Å². The molecule has 144 heavy (non-hydrogen) atoms. The number of halogens is 4. The standard InChI is InChI=1S/2C27H31FN4O4.2C27H30FN3O5/c2*1-16-12-31(13-17(2)36-16)14-18-6-7-22(28)19(10-18)11-29-23-5-3-4-20-21(23)15-32(27(20)35)24-8-9-25(33)30-26(24)34;2*1-16-11-30(12-17(2)36-16)13-18-6-7-22(28)19(10-18)15-35-24-5-3-4-20-21(24)14-31(27(20)34)23-8-9-25(32)29-26(23)33/h2*3-7,10,16-17,24,29H,8-9,11-15H2,1-2H3,(H,30,33,34);2*3-7,10,16-17,23H,8-9,11-15H2,1-2H3,(H,29,32,33)/i14D2,24D;14D2;8D2,9D2,15D2,23D;13D2. The highest BCUT2D eigenvalue weighted by atomic mass is 19.1. The molecular weight excluding hydrogens is 1860 g/mol.